The number of hydrogen-bond acceptors (Lipinski definition) is 10. The number of aliphatic hydroxyl groups excluding tert-OH is 1. The number of aliphatic hydroxyl groups is 1. The highest BCUT2D eigenvalue weighted by molar-refractivity contribution is 5.94. The van der Waals surface area contributed by atoms with Gasteiger partial charge in [0.05, 0.1) is 36.2 Å². The van der Waals surface area contributed by atoms with Crippen molar-refractivity contribution in [2.45, 2.75) is 37.8 Å². The Balaban J connectivity index is 1.15. The van der Waals surface area contributed by atoms with Crippen molar-refractivity contribution >= 4 is 17.3 Å². The second kappa shape index (κ2) is 10.8. The summed E-state index contributed by atoms with van der Waals surface area (Å²) in [6.45, 7) is 3.73. The molecule has 0 aliphatic carbocycles. The zero-order valence-corrected chi connectivity index (χ0v) is 22.1. The van der Waals surface area contributed by atoms with Gasteiger partial charge in [0.1, 0.15) is 23.4 Å². The Bertz CT molecular complexity index is 1430. The first-order chi connectivity index (χ1) is 19.7. The second-order valence-electron chi connectivity index (χ2n) is 10.0. The molecule has 41 heavy (non-hydrogen) atoms. The van der Waals surface area contributed by atoms with Gasteiger partial charge in [0, 0.05) is 48.7 Å². The van der Waals surface area contributed by atoms with Gasteiger partial charge in [0.15, 0.2) is 0 Å². The highest BCUT2D eigenvalue weighted by Crippen LogP contribution is 2.38. The Morgan fingerprint density at radius 3 is 2.85 bits per heavy atom. The van der Waals surface area contributed by atoms with E-state index in [2.05, 4.69) is 31.6 Å². The number of rotatable bonds is 6. The number of nitrogens with one attached hydrogen (secondary N) is 4. The maximum atomic E-state index is 13.3. The molecule has 11 nitrogen and oxygen atoms in total. The van der Waals surface area contributed by atoms with E-state index < -0.39 is 35.5 Å². The minimum atomic E-state index is -4.72. The van der Waals surface area contributed by atoms with Crippen molar-refractivity contribution in [1.29, 1.82) is 0 Å². The van der Waals surface area contributed by atoms with Crippen LogP contribution in [0.2, 0.25) is 0 Å². The van der Waals surface area contributed by atoms with E-state index in [1.54, 1.807) is 6.20 Å². The fourth-order valence-corrected chi connectivity index (χ4v) is 5.46. The molecule has 6 rings (SSSR count). The van der Waals surface area contributed by atoms with E-state index in [4.69, 9.17) is 4.74 Å². The van der Waals surface area contributed by atoms with Crippen LogP contribution in [0.1, 0.15) is 35.0 Å². The lowest BCUT2D eigenvalue weighted by atomic mass is 9.97. The number of pyridine rings is 2. The molecule has 14 heteroatoms. The van der Waals surface area contributed by atoms with Gasteiger partial charge in [-0.05, 0) is 43.7 Å². The average Bonchev–Trinajstić information content (AvgIpc) is 3.55. The van der Waals surface area contributed by atoms with Gasteiger partial charge in [0.25, 0.3) is 5.91 Å². The van der Waals surface area contributed by atoms with Crippen molar-refractivity contribution in [2.75, 3.05) is 31.1 Å². The average molecular weight is 571 g/mol. The van der Waals surface area contributed by atoms with Crippen molar-refractivity contribution in [3.63, 3.8) is 0 Å². The molecular weight excluding hydrogens is 541 g/mol. The maximum absolute atomic E-state index is 13.3. The highest BCUT2D eigenvalue weighted by Gasteiger charge is 2.39. The number of β-amino-alcohol motifs (C(OH)–C–C–N with tert-alkyl or cyclic N) is 1. The Kier molecular flexibility index (Phi) is 7.15. The number of anilines is 1. The summed E-state index contributed by atoms with van der Waals surface area (Å²) in [6.07, 6.45) is 1.36. The van der Waals surface area contributed by atoms with Gasteiger partial charge in [-0.2, -0.15) is 13.2 Å². The lowest BCUT2D eigenvalue weighted by molar-refractivity contribution is -0.138. The summed E-state index contributed by atoms with van der Waals surface area (Å²) in [4.78, 5) is 22.8. The van der Waals surface area contributed by atoms with Crippen molar-refractivity contribution in [3.05, 3.63) is 82.8 Å². The van der Waals surface area contributed by atoms with Crippen LogP contribution in [0, 0.1) is 0 Å². The van der Waals surface area contributed by atoms with E-state index in [1.165, 1.54) is 5.57 Å². The Morgan fingerprint density at radius 1 is 1.27 bits per heavy atom. The van der Waals surface area contributed by atoms with Gasteiger partial charge in [-0.1, -0.05) is 0 Å². The van der Waals surface area contributed by atoms with E-state index in [0.29, 0.717) is 31.9 Å². The first-order valence-corrected chi connectivity index (χ1v) is 13.3. The third kappa shape index (κ3) is 5.26. The van der Waals surface area contributed by atoms with Crippen LogP contribution in [0.3, 0.4) is 0 Å². The lowest BCUT2D eigenvalue weighted by Crippen LogP contribution is -2.54. The second-order valence-corrected chi connectivity index (χ2v) is 10.0. The molecule has 0 radical (unpaired) electrons. The number of alkyl halides is 3. The van der Waals surface area contributed by atoms with Crippen LogP contribution in [0.5, 0.6) is 0 Å². The zero-order valence-electron chi connectivity index (χ0n) is 22.1. The monoisotopic (exact) mass is 570 g/mol. The smallest absolute Gasteiger partial charge is 0.418 e. The van der Waals surface area contributed by atoms with E-state index in [0.717, 1.165) is 40.9 Å². The molecule has 5 N–H and O–H groups in total. The summed E-state index contributed by atoms with van der Waals surface area (Å²) in [7, 11) is 0. The number of piperidine rings is 1. The summed E-state index contributed by atoms with van der Waals surface area (Å²) in [5.41, 5.74) is 12.0. The summed E-state index contributed by atoms with van der Waals surface area (Å²) >= 11 is 0. The Labute approximate surface area is 233 Å². The van der Waals surface area contributed by atoms with Crippen LogP contribution in [0.15, 0.2) is 66.0 Å². The quantitative estimate of drug-likeness (QED) is 0.350. The number of carbonyl (C=O) groups is 1. The lowest BCUT2D eigenvalue weighted by Gasteiger charge is -2.37. The summed E-state index contributed by atoms with van der Waals surface area (Å²) in [5, 5.41) is 15.3. The van der Waals surface area contributed by atoms with Gasteiger partial charge in [-0.15, -0.1) is 0 Å². The van der Waals surface area contributed by atoms with Crippen molar-refractivity contribution < 1.29 is 27.8 Å². The van der Waals surface area contributed by atoms with Crippen molar-refractivity contribution in [2.24, 2.45) is 0 Å². The van der Waals surface area contributed by atoms with Crippen LogP contribution in [-0.4, -0.2) is 70.5 Å². The van der Waals surface area contributed by atoms with E-state index in [1.807, 2.05) is 41.2 Å². The minimum absolute atomic E-state index is 0.0288. The fraction of sp³-hybridized carbons (Fsp3) is 0.370. The molecule has 2 aromatic rings. The van der Waals surface area contributed by atoms with Crippen molar-refractivity contribution in [3.8, 4) is 0 Å². The van der Waals surface area contributed by atoms with Crippen LogP contribution in [0.25, 0.3) is 5.57 Å². The number of halogens is 3. The van der Waals surface area contributed by atoms with Gasteiger partial charge in [-0.25, -0.2) is 15.8 Å². The number of fused-ring (bicyclic) bond motifs is 2. The molecule has 1 amide bonds. The number of ether oxygens (including phenoxy) is 1. The zero-order chi connectivity index (χ0) is 28.7. The van der Waals surface area contributed by atoms with Crippen molar-refractivity contribution in [1.82, 2.24) is 36.6 Å². The summed E-state index contributed by atoms with van der Waals surface area (Å²) in [6, 6.07) is 5.03. The standard InChI is InChI=1S/C27H29F3N8O3/c1-2-41-16-10-17(24-18-12-33-35-25(18)36-38(24)13-16)15-5-6-22(32-11-15)37-9-7-20(21(39)14-37)34-26(40)23-19(27(28,29)30)4-3-8-31-23/h3-6,8,10-11,13,20-21,25,33,35-36,39H,2,7,9,12,14H2,1H3,(H,34,40)/t20-,21-,25?/m0/s1. The first-order valence-electron chi connectivity index (χ1n) is 13.3. The van der Waals surface area contributed by atoms with E-state index in [-0.39, 0.29) is 12.7 Å². The first kappa shape index (κ1) is 27.2. The number of aromatic nitrogens is 2. The third-order valence-corrected chi connectivity index (χ3v) is 7.41. The van der Waals surface area contributed by atoms with E-state index >= 15 is 0 Å². The molecule has 0 bridgehead atoms. The molecular formula is C27H29F3N8O3. The summed E-state index contributed by atoms with van der Waals surface area (Å²) in [5.74, 6) is 0.385. The molecule has 0 aromatic carbocycles. The van der Waals surface area contributed by atoms with Crippen LogP contribution >= 0.6 is 0 Å². The number of allylic oxidation sites excluding steroid dienone is 2. The largest absolute Gasteiger partial charge is 0.492 e. The summed E-state index contributed by atoms with van der Waals surface area (Å²) < 4.78 is 45.7. The number of carbonyl (C=O) groups excluding carboxylic acids is 1. The predicted octanol–water partition coefficient (Wildman–Crippen LogP) is 1.65. The topological polar surface area (TPSA) is 127 Å². The van der Waals surface area contributed by atoms with Crippen LogP contribution in [0.4, 0.5) is 19.0 Å². The molecule has 2 saturated heterocycles. The van der Waals surface area contributed by atoms with E-state index in [9.17, 15) is 23.1 Å². The Hall–Kier alpha value is -3.98. The highest BCUT2D eigenvalue weighted by atomic mass is 19.4. The normalized spacial score (nSPS) is 24.1. The molecule has 3 atom stereocenters. The third-order valence-electron chi connectivity index (χ3n) is 7.41. The number of nitrogens with zero attached hydrogens (tertiary/aromatic N) is 4. The number of amides is 1. The molecule has 0 saturated carbocycles. The fourth-order valence-electron chi connectivity index (χ4n) is 5.46. The SMILES string of the molecule is CCOC1=CN2NC3NNCC3=C2C(c2ccc(N3CC[C@H](NC(=O)c4ncccc4C(F)(F)F)[C@@H](O)C3)nc2)=C1. The van der Waals surface area contributed by atoms with Crippen LogP contribution in [-0.2, 0) is 10.9 Å². The number of hydrazine groups is 2. The van der Waals surface area contributed by atoms with Gasteiger partial charge in [0.2, 0.25) is 0 Å². The molecule has 4 aliphatic heterocycles. The molecule has 6 heterocycles. The molecule has 2 fully saturated rings. The molecule has 2 aromatic heterocycles. The molecule has 1 unspecified atom stereocenters. The molecule has 4 aliphatic rings. The predicted molar refractivity (Wildman–Crippen MR) is 142 cm³/mol. The molecule has 216 valence electrons. The molecule has 0 spiro atoms. The number of hydrogen-bond donors (Lipinski definition) is 5. The minimum Gasteiger partial charge on any atom is -0.492 e. The maximum Gasteiger partial charge on any atom is 0.418 e. The van der Waals surface area contributed by atoms with Gasteiger partial charge >= 0.3 is 6.18 Å². The Morgan fingerprint density at radius 2 is 2.12 bits per heavy atom. The van der Waals surface area contributed by atoms with Gasteiger partial charge < -0.3 is 20.1 Å². The van der Waals surface area contributed by atoms with Crippen LogP contribution < -0.4 is 26.5 Å². The van der Waals surface area contributed by atoms with Gasteiger partial charge in [-0.3, -0.25) is 20.2 Å².